The number of nitrogens with zero attached hydrogens (tertiary/aromatic N) is 2. The summed E-state index contributed by atoms with van der Waals surface area (Å²) in [7, 11) is 0. The van der Waals surface area contributed by atoms with Crippen LogP contribution in [0.15, 0.2) is 43.2 Å². The molecule has 3 nitrogen and oxygen atoms in total. The van der Waals surface area contributed by atoms with Gasteiger partial charge in [-0.25, -0.2) is 14.4 Å². The van der Waals surface area contributed by atoms with Crippen molar-refractivity contribution in [2.45, 2.75) is 6.92 Å². The summed E-state index contributed by atoms with van der Waals surface area (Å²) in [5.41, 5.74) is 1.51. The van der Waals surface area contributed by atoms with E-state index in [0.29, 0.717) is 29.3 Å². The van der Waals surface area contributed by atoms with Gasteiger partial charge in [-0.3, -0.25) is 0 Å². The van der Waals surface area contributed by atoms with Gasteiger partial charge in [-0.15, -0.1) is 0 Å². The molecule has 1 aromatic heterocycles. The highest BCUT2D eigenvalue weighted by atomic mass is 19.1. The molecule has 0 saturated carbocycles. The van der Waals surface area contributed by atoms with Crippen molar-refractivity contribution < 1.29 is 9.13 Å². The second kappa shape index (κ2) is 5.40. The van der Waals surface area contributed by atoms with Gasteiger partial charge < -0.3 is 4.74 Å². The molecule has 0 radical (unpaired) electrons. The first-order chi connectivity index (χ1) is 8.72. The number of ether oxygens (including phenoxy) is 1. The van der Waals surface area contributed by atoms with Crippen molar-refractivity contribution in [1.82, 2.24) is 9.97 Å². The quantitative estimate of drug-likeness (QED) is 0.774. The summed E-state index contributed by atoms with van der Waals surface area (Å²) < 4.78 is 18.9. The predicted molar refractivity (Wildman–Crippen MR) is 68.1 cm³/mol. The van der Waals surface area contributed by atoms with E-state index in [2.05, 4.69) is 16.5 Å². The van der Waals surface area contributed by atoms with Crippen LogP contribution in [0.4, 0.5) is 4.39 Å². The van der Waals surface area contributed by atoms with E-state index >= 15 is 0 Å². The summed E-state index contributed by atoms with van der Waals surface area (Å²) in [6.45, 7) is 6.14. The van der Waals surface area contributed by atoms with Crippen molar-refractivity contribution in [1.29, 1.82) is 0 Å². The lowest BCUT2D eigenvalue weighted by atomic mass is 10.1. The van der Waals surface area contributed by atoms with Gasteiger partial charge in [0, 0.05) is 5.56 Å². The highest BCUT2D eigenvalue weighted by molar-refractivity contribution is 5.64. The largest absolute Gasteiger partial charge is 0.492 e. The molecule has 0 N–H and O–H groups in total. The zero-order valence-electron chi connectivity index (χ0n) is 10.1. The maximum absolute atomic E-state index is 13.6. The highest BCUT2D eigenvalue weighted by Gasteiger charge is 2.08. The Morgan fingerprint density at radius 3 is 2.83 bits per heavy atom. The number of halogens is 1. The average molecular weight is 244 g/mol. The molecule has 0 saturated heterocycles. The number of aromatic nitrogens is 2. The molecule has 0 amide bonds. The smallest absolute Gasteiger partial charge is 0.137 e. The maximum atomic E-state index is 13.6. The van der Waals surface area contributed by atoms with Crippen LogP contribution in [-0.2, 0) is 4.74 Å². The molecule has 2 aromatic rings. The topological polar surface area (TPSA) is 35.0 Å². The van der Waals surface area contributed by atoms with Gasteiger partial charge in [-0.2, -0.15) is 0 Å². The fourth-order valence-electron chi connectivity index (χ4n) is 1.57. The van der Waals surface area contributed by atoms with Gasteiger partial charge >= 0.3 is 0 Å². The monoisotopic (exact) mass is 244 g/mol. The first-order valence-electron chi connectivity index (χ1n) is 5.61. The molecule has 4 heteroatoms. The third kappa shape index (κ3) is 2.53. The summed E-state index contributed by atoms with van der Waals surface area (Å²) >= 11 is 0. The van der Waals surface area contributed by atoms with Crippen LogP contribution < -0.4 is 0 Å². The number of hydrogen-bond acceptors (Lipinski definition) is 3. The molecule has 0 spiro atoms. The Kier molecular flexibility index (Phi) is 3.67. The Bertz CT molecular complexity index is 569. The van der Waals surface area contributed by atoms with E-state index in [1.165, 1.54) is 12.4 Å². The molecule has 0 fully saturated rings. The maximum Gasteiger partial charge on any atom is 0.137 e. The molecule has 1 heterocycles. The Morgan fingerprint density at radius 2 is 2.11 bits per heavy atom. The van der Waals surface area contributed by atoms with Crippen LogP contribution >= 0.6 is 0 Å². The van der Waals surface area contributed by atoms with Crippen molar-refractivity contribution in [3.05, 3.63) is 54.7 Å². The van der Waals surface area contributed by atoms with E-state index in [-0.39, 0.29) is 5.82 Å². The van der Waals surface area contributed by atoms with Crippen LogP contribution in [0.5, 0.6) is 0 Å². The van der Waals surface area contributed by atoms with Crippen molar-refractivity contribution in [3.8, 4) is 11.3 Å². The number of rotatable bonds is 4. The molecule has 18 heavy (non-hydrogen) atoms. The average Bonchev–Trinajstić information content (AvgIpc) is 2.40. The molecule has 0 aliphatic rings. The van der Waals surface area contributed by atoms with Gasteiger partial charge in [-0.1, -0.05) is 18.7 Å². The summed E-state index contributed by atoms with van der Waals surface area (Å²) in [6.07, 6.45) is 1.38. The summed E-state index contributed by atoms with van der Waals surface area (Å²) in [4.78, 5) is 8.12. The fraction of sp³-hybridized carbons (Fsp3) is 0.143. The molecule has 0 unspecified atom stereocenters. The number of hydrogen-bond donors (Lipinski definition) is 0. The van der Waals surface area contributed by atoms with E-state index in [0.717, 1.165) is 0 Å². The first kappa shape index (κ1) is 12.2. The van der Waals surface area contributed by atoms with Crippen molar-refractivity contribution >= 4 is 5.76 Å². The molecule has 0 bridgehead atoms. The molecule has 0 atom stereocenters. The summed E-state index contributed by atoms with van der Waals surface area (Å²) in [6, 6.07) is 8.13. The van der Waals surface area contributed by atoms with E-state index in [1.807, 2.05) is 6.92 Å². The summed E-state index contributed by atoms with van der Waals surface area (Å²) in [5.74, 6) is 0.140. The standard InChI is InChI=1S/C14H13FN2O/c1-3-18-10(2)13-8-14(17-9-16-13)11-6-4-5-7-12(11)15/h4-9H,2-3H2,1H3. The Balaban J connectivity index is 2.39. The fourth-order valence-corrected chi connectivity index (χ4v) is 1.57. The van der Waals surface area contributed by atoms with Crippen LogP contribution in [0.25, 0.3) is 17.0 Å². The van der Waals surface area contributed by atoms with Gasteiger partial charge in [0.25, 0.3) is 0 Å². The Morgan fingerprint density at radius 1 is 1.33 bits per heavy atom. The van der Waals surface area contributed by atoms with E-state index in [9.17, 15) is 4.39 Å². The van der Waals surface area contributed by atoms with Gasteiger partial charge in [-0.05, 0) is 25.1 Å². The zero-order valence-corrected chi connectivity index (χ0v) is 10.1. The first-order valence-corrected chi connectivity index (χ1v) is 5.61. The van der Waals surface area contributed by atoms with Crippen LogP contribution in [0.3, 0.4) is 0 Å². The third-order valence-electron chi connectivity index (χ3n) is 2.42. The van der Waals surface area contributed by atoms with E-state index < -0.39 is 0 Å². The minimum Gasteiger partial charge on any atom is -0.492 e. The summed E-state index contributed by atoms with van der Waals surface area (Å²) in [5, 5.41) is 0. The molecule has 0 aliphatic heterocycles. The van der Waals surface area contributed by atoms with E-state index in [4.69, 9.17) is 4.74 Å². The Hall–Kier alpha value is -2.23. The molecule has 2 rings (SSSR count). The van der Waals surface area contributed by atoms with Crippen LogP contribution in [0.2, 0.25) is 0 Å². The molecular formula is C14H13FN2O. The SMILES string of the molecule is C=C(OCC)c1cc(-c2ccccc2F)ncn1. The minimum atomic E-state index is -0.316. The van der Waals surface area contributed by atoms with Gasteiger partial charge in [0.15, 0.2) is 0 Å². The van der Waals surface area contributed by atoms with Crippen molar-refractivity contribution in [3.63, 3.8) is 0 Å². The predicted octanol–water partition coefficient (Wildman–Crippen LogP) is 3.29. The van der Waals surface area contributed by atoms with Gasteiger partial charge in [0.05, 0.1) is 12.3 Å². The van der Waals surface area contributed by atoms with Crippen LogP contribution in [0.1, 0.15) is 12.6 Å². The van der Waals surface area contributed by atoms with Crippen molar-refractivity contribution in [2.75, 3.05) is 6.61 Å². The third-order valence-corrected chi connectivity index (χ3v) is 2.42. The molecule has 92 valence electrons. The van der Waals surface area contributed by atoms with E-state index in [1.54, 1.807) is 24.3 Å². The van der Waals surface area contributed by atoms with Gasteiger partial charge in [0.2, 0.25) is 0 Å². The zero-order chi connectivity index (χ0) is 13.0. The van der Waals surface area contributed by atoms with Crippen molar-refractivity contribution in [2.24, 2.45) is 0 Å². The number of benzene rings is 1. The molecule has 1 aromatic carbocycles. The normalized spacial score (nSPS) is 10.1. The second-order valence-corrected chi connectivity index (χ2v) is 3.62. The van der Waals surface area contributed by atoms with Crippen LogP contribution in [-0.4, -0.2) is 16.6 Å². The van der Waals surface area contributed by atoms with Crippen LogP contribution in [0, 0.1) is 5.82 Å². The molecular weight excluding hydrogens is 231 g/mol. The lowest BCUT2D eigenvalue weighted by Crippen LogP contribution is -1.96. The lowest BCUT2D eigenvalue weighted by molar-refractivity contribution is 0.297. The lowest BCUT2D eigenvalue weighted by Gasteiger charge is -2.07. The highest BCUT2D eigenvalue weighted by Crippen LogP contribution is 2.22. The second-order valence-electron chi connectivity index (χ2n) is 3.62. The Labute approximate surface area is 105 Å². The molecule has 0 aliphatic carbocycles. The van der Waals surface area contributed by atoms with Gasteiger partial charge in [0.1, 0.15) is 23.6 Å². The minimum absolute atomic E-state index is 0.316.